The molecular formula is C32H30N4O4. The Morgan fingerprint density at radius 1 is 0.975 bits per heavy atom. The molecule has 0 radical (unpaired) electrons. The number of hydrogen-bond donors (Lipinski definition) is 1. The number of hydrogen-bond acceptors (Lipinski definition) is 6. The van der Waals surface area contributed by atoms with Crippen LogP contribution in [0.15, 0.2) is 86.9 Å². The van der Waals surface area contributed by atoms with Crippen molar-refractivity contribution in [1.82, 2.24) is 19.7 Å². The van der Waals surface area contributed by atoms with Gasteiger partial charge in [-0.15, -0.1) is 0 Å². The van der Waals surface area contributed by atoms with Gasteiger partial charge in [0.1, 0.15) is 5.82 Å². The van der Waals surface area contributed by atoms with Crippen molar-refractivity contribution >= 4 is 5.78 Å². The minimum Gasteiger partial charge on any atom is -0.296 e. The highest BCUT2D eigenvalue weighted by molar-refractivity contribution is 5.94. The summed E-state index contributed by atoms with van der Waals surface area (Å²) in [5.41, 5.74) is 6.08. The molecule has 0 aliphatic carbocycles. The molecule has 8 nitrogen and oxygen atoms in total. The first-order valence-corrected chi connectivity index (χ1v) is 13.3. The predicted molar refractivity (Wildman–Crippen MR) is 154 cm³/mol. The number of ketones is 1. The number of Topliss-reactive ketones (excluding diaryl/α,β-unsaturated/α-hetero) is 1. The molecule has 0 saturated carbocycles. The van der Waals surface area contributed by atoms with Crippen molar-refractivity contribution in [3.8, 4) is 28.2 Å². The van der Waals surface area contributed by atoms with Crippen LogP contribution in [0.5, 0.6) is 0 Å². The van der Waals surface area contributed by atoms with Gasteiger partial charge in [0.15, 0.2) is 11.6 Å². The van der Waals surface area contributed by atoms with Crippen LogP contribution in [0.4, 0.5) is 0 Å². The van der Waals surface area contributed by atoms with E-state index >= 15 is 0 Å². The van der Waals surface area contributed by atoms with Crippen molar-refractivity contribution in [2.24, 2.45) is 0 Å². The molecule has 0 amide bonds. The van der Waals surface area contributed by atoms with Gasteiger partial charge in [-0.2, -0.15) is 0 Å². The highest BCUT2D eigenvalue weighted by atomic mass is 16.5. The summed E-state index contributed by atoms with van der Waals surface area (Å²) in [4.78, 5) is 44.9. The zero-order valence-electron chi connectivity index (χ0n) is 22.7. The van der Waals surface area contributed by atoms with Gasteiger partial charge in [-0.3, -0.25) is 23.7 Å². The second-order valence-electron chi connectivity index (χ2n) is 9.80. The molecule has 0 fully saturated rings. The summed E-state index contributed by atoms with van der Waals surface area (Å²) >= 11 is 0. The van der Waals surface area contributed by atoms with Gasteiger partial charge in [-0.1, -0.05) is 79.2 Å². The molecule has 40 heavy (non-hydrogen) atoms. The first-order chi connectivity index (χ1) is 19.4. The molecule has 0 aliphatic rings. The Bertz CT molecular complexity index is 1800. The fourth-order valence-corrected chi connectivity index (χ4v) is 4.91. The molecule has 2 aromatic heterocycles. The van der Waals surface area contributed by atoms with Crippen molar-refractivity contribution in [3.63, 3.8) is 0 Å². The van der Waals surface area contributed by atoms with E-state index < -0.39 is 5.76 Å². The third-order valence-electron chi connectivity index (χ3n) is 6.98. The number of carbonyl (C=O) groups excluding carboxylic acids is 1. The van der Waals surface area contributed by atoms with Gasteiger partial charge < -0.3 is 0 Å². The second-order valence-corrected chi connectivity index (χ2v) is 9.80. The summed E-state index contributed by atoms with van der Waals surface area (Å²) in [6, 6.07) is 22.7. The SMILES string of the molecule is CCCCc1nc(C)n(-c2cccc(C(C)=O)c2)c(=O)c1Cc1ccc(-c2ccccc2-c2noc(=O)[nH]2)cc1. The zero-order chi connectivity index (χ0) is 28.2. The highest BCUT2D eigenvalue weighted by Crippen LogP contribution is 2.30. The molecule has 5 rings (SSSR count). The molecule has 202 valence electrons. The Labute approximate surface area is 231 Å². The lowest BCUT2D eigenvalue weighted by Crippen LogP contribution is -2.28. The van der Waals surface area contributed by atoms with Crippen molar-refractivity contribution in [2.75, 3.05) is 0 Å². The third kappa shape index (κ3) is 5.47. The average molecular weight is 535 g/mol. The fourth-order valence-electron chi connectivity index (χ4n) is 4.91. The van der Waals surface area contributed by atoms with Crippen LogP contribution in [0.1, 0.15) is 59.7 Å². The van der Waals surface area contributed by atoms with Crippen LogP contribution in [0.3, 0.4) is 0 Å². The molecule has 5 aromatic rings. The number of unbranched alkanes of at least 4 members (excludes halogenated alkanes) is 1. The predicted octanol–water partition coefficient (Wildman–Crippen LogP) is 5.69. The van der Waals surface area contributed by atoms with E-state index in [1.165, 1.54) is 6.92 Å². The minimum absolute atomic E-state index is 0.0585. The van der Waals surface area contributed by atoms with E-state index in [2.05, 4.69) is 17.1 Å². The monoisotopic (exact) mass is 534 g/mol. The quantitative estimate of drug-likeness (QED) is 0.243. The molecule has 8 heteroatoms. The van der Waals surface area contributed by atoms with E-state index in [4.69, 9.17) is 9.51 Å². The number of nitrogens with zero attached hydrogens (tertiary/aromatic N) is 3. The second kappa shape index (κ2) is 11.5. The summed E-state index contributed by atoms with van der Waals surface area (Å²) in [6.45, 7) is 5.46. The first-order valence-electron chi connectivity index (χ1n) is 13.3. The number of aryl methyl sites for hydroxylation is 2. The van der Waals surface area contributed by atoms with Crippen molar-refractivity contribution in [3.05, 3.63) is 122 Å². The lowest BCUT2D eigenvalue weighted by molar-refractivity contribution is 0.101. The average Bonchev–Trinajstić information content (AvgIpc) is 3.40. The van der Waals surface area contributed by atoms with Crippen molar-refractivity contribution < 1.29 is 9.32 Å². The molecule has 0 unspecified atom stereocenters. The Kier molecular flexibility index (Phi) is 7.68. The van der Waals surface area contributed by atoms with Crippen LogP contribution in [0.2, 0.25) is 0 Å². The van der Waals surface area contributed by atoms with E-state index in [-0.39, 0.29) is 11.3 Å². The zero-order valence-corrected chi connectivity index (χ0v) is 22.7. The van der Waals surface area contributed by atoms with E-state index in [0.29, 0.717) is 34.9 Å². The number of carbonyl (C=O) groups is 1. The minimum atomic E-state index is -0.607. The summed E-state index contributed by atoms with van der Waals surface area (Å²) in [5.74, 6) is 0.296. The van der Waals surface area contributed by atoms with Crippen molar-refractivity contribution in [1.29, 1.82) is 0 Å². The van der Waals surface area contributed by atoms with E-state index in [0.717, 1.165) is 47.2 Å². The number of aromatic amines is 1. The van der Waals surface area contributed by atoms with Crippen LogP contribution in [-0.2, 0) is 12.8 Å². The van der Waals surface area contributed by atoms with Gasteiger partial charge in [0.05, 0.1) is 11.4 Å². The Morgan fingerprint density at radius 2 is 1.73 bits per heavy atom. The van der Waals surface area contributed by atoms with E-state index in [9.17, 15) is 14.4 Å². The summed E-state index contributed by atoms with van der Waals surface area (Å²) in [6.07, 6.45) is 3.07. The molecule has 2 heterocycles. The van der Waals surface area contributed by atoms with Crippen LogP contribution < -0.4 is 11.3 Å². The van der Waals surface area contributed by atoms with Gasteiger partial charge in [0.25, 0.3) is 5.56 Å². The summed E-state index contributed by atoms with van der Waals surface area (Å²) in [7, 11) is 0. The maximum Gasteiger partial charge on any atom is 0.439 e. The molecule has 0 spiro atoms. The number of H-pyrrole nitrogens is 1. The van der Waals surface area contributed by atoms with Gasteiger partial charge in [0.2, 0.25) is 0 Å². The van der Waals surface area contributed by atoms with Gasteiger partial charge in [-0.05, 0) is 55.5 Å². The highest BCUT2D eigenvalue weighted by Gasteiger charge is 2.17. The lowest BCUT2D eigenvalue weighted by Gasteiger charge is -2.16. The molecule has 0 saturated heterocycles. The standard InChI is InChI=1S/C32H30N4O4/c1-4-5-13-29-28(31(38)36(21(3)33-29)25-10-8-9-24(19-25)20(2)37)18-22-14-16-23(17-15-22)26-11-6-7-12-27(26)30-34-32(39)40-35-30/h6-12,14-17,19H,4-5,13,18H2,1-3H3,(H,34,35,39). The molecule has 0 bridgehead atoms. The largest absolute Gasteiger partial charge is 0.439 e. The molecular weight excluding hydrogens is 504 g/mol. The Hall–Kier alpha value is -4.85. The molecule has 1 N–H and O–H groups in total. The van der Waals surface area contributed by atoms with Gasteiger partial charge >= 0.3 is 5.76 Å². The molecule has 3 aromatic carbocycles. The topological polar surface area (TPSA) is 111 Å². The molecule has 0 atom stereocenters. The fraction of sp³-hybridized carbons (Fsp3) is 0.219. The van der Waals surface area contributed by atoms with Crippen LogP contribution >= 0.6 is 0 Å². The number of rotatable bonds is 9. The number of nitrogens with one attached hydrogen (secondary N) is 1. The number of benzene rings is 3. The number of aromatic nitrogens is 4. The maximum absolute atomic E-state index is 13.9. The lowest BCUT2D eigenvalue weighted by atomic mass is 9.96. The van der Waals surface area contributed by atoms with Crippen LogP contribution in [0.25, 0.3) is 28.2 Å². The maximum atomic E-state index is 13.9. The third-order valence-corrected chi connectivity index (χ3v) is 6.98. The van der Waals surface area contributed by atoms with Crippen molar-refractivity contribution in [2.45, 2.75) is 46.5 Å². The van der Waals surface area contributed by atoms with E-state index in [1.54, 1.807) is 22.8 Å². The summed E-state index contributed by atoms with van der Waals surface area (Å²) in [5, 5.41) is 3.84. The smallest absolute Gasteiger partial charge is 0.296 e. The van der Waals surface area contributed by atoms with Gasteiger partial charge in [0, 0.05) is 23.1 Å². The summed E-state index contributed by atoms with van der Waals surface area (Å²) < 4.78 is 6.30. The van der Waals surface area contributed by atoms with Crippen LogP contribution in [0, 0.1) is 6.92 Å². The first kappa shape index (κ1) is 26.7. The van der Waals surface area contributed by atoms with E-state index in [1.807, 2.05) is 61.5 Å². The van der Waals surface area contributed by atoms with Gasteiger partial charge in [-0.25, -0.2) is 9.78 Å². The normalized spacial score (nSPS) is 11.1. The Morgan fingerprint density at radius 3 is 2.40 bits per heavy atom. The Balaban J connectivity index is 1.53. The van der Waals surface area contributed by atoms with Crippen LogP contribution in [-0.4, -0.2) is 25.5 Å². The molecule has 0 aliphatic heterocycles.